The van der Waals surface area contributed by atoms with E-state index >= 15 is 0 Å². The molecule has 2 N–H and O–H groups in total. The number of esters is 1. The fourth-order valence-electron chi connectivity index (χ4n) is 1.48. The van der Waals surface area contributed by atoms with Gasteiger partial charge in [0.15, 0.2) is 11.5 Å². The zero-order valence-corrected chi connectivity index (χ0v) is 10.1. The van der Waals surface area contributed by atoms with Crippen LogP contribution in [0, 0.1) is 0 Å². The van der Waals surface area contributed by atoms with E-state index in [1.165, 1.54) is 6.92 Å². The van der Waals surface area contributed by atoms with Crippen molar-refractivity contribution in [3.05, 3.63) is 46.3 Å². The van der Waals surface area contributed by atoms with Crippen LogP contribution in [0.3, 0.4) is 0 Å². The molecule has 1 amide bonds. The Bertz CT molecular complexity index is 703. The van der Waals surface area contributed by atoms with Crippen LogP contribution in [0.2, 0.25) is 0 Å². The number of hydrogen-bond acceptors (Lipinski definition) is 5. The third-order valence-electron chi connectivity index (χ3n) is 2.52. The molecule has 0 aliphatic rings. The van der Waals surface area contributed by atoms with Gasteiger partial charge in [-0.15, -0.1) is 0 Å². The minimum Gasteiger partial charge on any atom is -0.449 e. The maximum atomic E-state index is 11.8. The van der Waals surface area contributed by atoms with Crippen LogP contribution in [-0.4, -0.2) is 18.0 Å². The molecule has 0 unspecified atom stereocenters. The summed E-state index contributed by atoms with van der Waals surface area (Å²) in [5.74, 6) is -1.96. The van der Waals surface area contributed by atoms with Gasteiger partial charge in [0.2, 0.25) is 5.76 Å². The van der Waals surface area contributed by atoms with Crippen molar-refractivity contribution in [2.24, 2.45) is 5.73 Å². The summed E-state index contributed by atoms with van der Waals surface area (Å²) >= 11 is 0. The summed E-state index contributed by atoms with van der Waals surface area (Å²) in [4.78, 5) is 34.3. The number of fused-ring (bicyclic) bond motifs is 1. The number of primary amides is 1. The Hall–Kier alpha value is -2.63. The van der Waals surface area contributed by atoms with Crippen molar-refractivity contribution in [3.8, 4) is 0 Å². The van der Waals surface area contributed by atoms with Crippen LogP contribution in [0.15, 0.2) is 39.5 Å². The van der Waals surface area contributed by atoms with Gasteiger partial charge in [0.1, 0.15) is 5.58 Å². The van der Waals surface area contributed by atoms with Gasteiger partial charge in [-0.3, -0.25) is 9.59 Å². The van der Waals surface area contributed by atoms with Crippen LogP contribution in [0.5, 0.6) is 0 Å². The minimum atomic E-state index is -1.09. The molecule has 2 aromatic rings. The molecule has 0 fully saturated rings. The number of nitrogens with two attached hydrogens (primary N) is 1. The maximum Gasteiger partial charge on any atom is 0.375 e. The minimum absolute atomic E-state index is 0.267. The lowest BCUT2D eigenvalue weighted by molar-refractivity contribution is -0.125. The van der Waals surface area contributed by atoms with Gasteiger partial charge in [-0.25, -0.2) is 4.79 Å². The van der Waals surface area contributed by atoms with E-state index in [1.807, 2.05) is 0 Å². The Balaban J connectivity index is 2.38. The van der Waals surface area contributed by atoms with Crippen LogP contribution < -0.4 is 11.2 Å². The van der Waals surface area contributed by atoms with Crippen LogP contribution in [-0.2, 0) is 9.53 Å². The first-order valence-corrected chi connectivity index (χ1v) is 5.52. The molecule has 0 saturated heterocycles. The van der Waals surface area contributed by atoms with E-state index in [0.29, 0.717) is 5.39 Å². The first-order chi connectivity index (χ1) is 8.99. The highest BCUT2D eigenvalue weighted by Crippen LogP contribution is 2.12. The van der Waals surface area contributed by atoms with Crippen LogP contribution in [0.25, 0.3) is 11.0 Å². The quantitative estimate of drug-likeness (QED) is 0.824. The number of amides is 1. The van der Waals surface area contributed by atoms with Crippen molar-refractivity contribution < 1.29 is 18.7 Å². The summed E-state index contributed by atoms with van der Waals surface area (Å²) in [5, 5.41) is 0.363. The molecule has 0 bridgehead atoms. The molecule has 98 valence electrons. The monoisotopic (exact) mass is 261 g/mol. The van der Waals surface area contributed by atoms with Gasteiger partial charge in [0.05, 0.1) is 5.39 Å². The molecule has 1 aromatic carbocycles. The predicted octanol–water partition coefficient (Wildman–Crippen LogP) is 0.824. The molecule has 6 heteroatoms. The van der Waals surface area contributed by atoms with Gasteiger partial charge in [0, 0.05) is 6.07 Å². The number of ether oxygens (including phenoxy) is 1. The second-order valence-corrected chi connectivity index (χ2v) is 3.92. The Morgan fingerprint density at radius 1 is 1.32 bits per heavy atom. The molecule has 1 heterocycles. The van der Waals surface area contributed by atoms with Crippen molar-refractivity contribution in [3.63, 3.8) is 0 Å². The molecule has 0 aliphatic heterocycles. The molecule has 2 rings (SSSR count). The summed E-state index contributed by atoms with van der Waals surface area (Å²) in [6.45, 7) is 1.33. The van der Waals surface area contributed by atoms with Crippen molar-refractivity contribution in [2.75, 3.05) is 0 Å². The third kappa shape index (κ3) is 2.62. The van der Waals surface area contributed by atoms with Crippen molar-refractivity contribution in [1.82, 2.24) is 0 Å². The molecular weight excluding hydrogens is 250 g/mol. The maximum absolute atomic E-state index is 11.8. The lowest BCUT2D eigenvalue weighted by Gasteiger charge is -2.08. The summed E-state index contributed by atoms with van der Waals surface area (Å²) in [7, 11) is 0. The number of carbonyl (C=O) groups is 2. The summed E-state index contributed by atoms with van der Waals surface area (Å²) in [6.07, 6.45) is -1.09. The topological polar surface area (TPSA) is 99.6 Å². The Morgan fingerprint density at radius 3 is 2.68 bits per heavy atom. The largest absolute Gasteiger partial charge is 0.449 e. The van der Waals surface area contributed by atoms with Gasteiger partial charge in [-0.05, 0) is 19.1 Å². The van der Waals surface area contributed by atoms with Gasteiger partial charge >= 0.3 is 5.97 Å². The lowest BCUT2D eigenvalue weighted by Crippen LogP contribution is -2.30. The van der Waals surface area contributed by atoms with Gasteiger partial charge in [-0.1, -0.05) is 12.1 Å². The Kier molecular flexibility index (Phi) is 3.33. The van der Waals surface area contributed by atoms with Crippen LogP contribution in [0.4, 0.5) is 0 Å². The van der Waals surface area contributed by atoms with Gasteiger partial charge < -0.3 is 14.9 Å². The number of para-hydroxylation sites is 1. The zero-order chi connectivity index (χ0) is 14.0. The standard InChI is InChI=1S/C13H11NO5/c1-7(12(14)16)18-13(17)11-6-9(15)8-4-2-3-5-10(8)19-11/h2-7H,1H3,(H2,14,16)/t7-/m1/s1. The SMILES string of the molecule is C[C@@H](OC(=O)c1cc(=O)c2ccccc2o1)C(N)=O. The third-order valence-corrected chi connectivity index (χ3v) is 2.52. The van der Waals surface area contributed by atoms with Crippen LogP contribution in [0.1, 0.15) is 17.5 Å². The highest BCUT2D eigenvalue weighted by molar-refractivity contribution is 5.91. The predicted molar refractivity (Wildman–Crippen MR) is 66.6 cm³/mol. The fourth-order valence-corrected chi connectivity index (χ4v) is 1.48. The Labute approximate surface area is 107 Å². The molecule has 6 nitrogen and oxygen atoms in total. The highest BCUT2D eigenvalue weighted by Gasteiger charge is 2.19. The smallest absolute Gasteiger partial charge is 0.375 e. The first-order valence-electron chi connectivity index (χ1n) is 5.52. The van der Waals surface area contributed by atoms with E-state index in [2.05, 4.69) is 0 Å². The average molecular weight is 261 g/mol. The molecule has 1 atom stereocenters. The molecule has 1 aromatic heterocycles. The Morgan fingerprint density at radius 2 is 2.00 bits per heavy atom. The summed E-state index contributed by atoms with van der Waals surface area (Å²) < 4.78 is 10.0. The molecule has 0 saturated carbocycles. The number of rotatable bonds is 3. The van der Waals surface area contributed by atoms with Gasteiger partial charge in [-0.2, -0.15) is 0 Å². The van der Waals surface area contributed by atoms with Crippen molar-refractivity contribution in [1.29, 1.82) is 0 Å². The van der Waals surface area contributed by atoms with E-state index in [1.54, 1.807) is 24.3 Å². The summed E-state index contributed by atoms with van der Waals surface area (Å²) in [5.41, 5.74) is 4.89. The fraction of sp³-hybridized carbons (Fsp3) is 0.154. The molecule has 19 heavy (non-hydrogen) atoms. The summed E-state index contributed by atoms with van der Waals surface area (Å²) in [6, 6.07) is 7.53. The highest BCUT2D eigenvalue weighted by atomic mass is 16.6. The number of hydrogen-bond donors (Lipinski definition) is 1. The number of benzene rings is 1. The molecule has 0 aliphatic carbocycles. The van der Waals surface area contributed by atoms with Gasteiger partial charge in [0.25, 0.3) is 5.91 Å². The molecule has 0 radical (unpaired) electrons. The lowest BCUT2D eigenvalue weighted by atomic mass is 10.2. The van der Waals surface area contributed by atoms with Crippen molar-refractivity contribution >= 4 is 22.8 Å². The van der Waals surface area contributed by atoms with E-state index in [0.717, 1.165) is 6.07 Å². The van der Waals surface area contributed by atoms with E-state index in [4.69, 9.17) is 14.9 Å². The van der Waals surface area contributed by atoms with E-state index in [9.17, 15) is 14.4 Å². The average Bonchev–Trinajstić information content (AvgIpc) is 2.38. The van der Waals surface area contributed by atoms with E-state index < -0.39 is 18.0 Å². The number of carbonyl (C=O) groups excluding carboxylic acids is 2. The first kappa shape index (κ1) is 12.8. The molecular formula is C13H11NO5. The zero-order valence-electron chi connectivity index (χ0n) is 10.1. The van der Waals surface area contributed by atoms with Crippen molar-refractivity contribution in [2.45, 2.75) is 13.0 Å². The second-order valence-electron chi connectivity index (χ2n) is 3.92. The second kappa shape index (κ2) is 4.93. The van der Waals surface area contributed by atoms with E-state index in [-0.39, 0.29) is 16.8 Å². The van der Waals surface area contributed by atoms with Crippen LogP contribution >= 0.6 is 0 Å². The molecule has 0 spiro atoms. The normalized spacial score (nSPS) is 12.1.